The maximum Gasteiger partial charge on any atom is 0.416 e. The molecule has 2 aliphatic heterocycles. The Morgan fingerprint density at radius 3 is 2.48 bits per heavy atom. The van der Waals surface area contributed by atoms with Gasteiger partial charge in [0.2, 0.25) is 0 Å². The molecule has 2 aromatic carbocycles. The molecule has 0 saturated heterocycles. The van der Waals surface area contributed by atoms with Crippen LogP contribution in [0.3, 0.4) is 0 Å². The zero-order chi connectivity index (χ0) is 24.0. The minimum absolute atomic E-state index is 0.0439. The summed E-state index contributed by atoms with van der Waals surface area (Å²) in [5, 5.41) is 10.3. The van der Waals surface area contributed by atoms with E-state index in [0.29, 0.717) is 22.4 Å². The van der Waals surface area contributed by atoms with Crippen LogP contribution in [0.5, 0.6) is 11.5 Å². The number of hydrogen-bond acceptors (Lipinski definition) is 5. The third-order valence-electron chi connectivity index (χ3n) is 5.23. The quantitative estimate of drug-likeness (QED) is 0.368. The van der Waals surface area contributed by atoms with E-state index in [2.05, 4.69) is 4.98 Å². The molecule has 0 aromatic heterocycles. The summed E-state index contributed by atoms with van der Waals surface area (Å²) in [4.78, 5) is 4.18. The van der Waals surface area contributed by atoms with Gasteiger partial charge in [0.05, 0.1) is 21.9 Å². The summed E-state index contributed by atoms with van der Waals surface area (Å²) in [6.45, 7) is 3.15. The predicted molar refractivity (Wildman–Crippen MR) is 115 cm³/mol. The summed E-state index contributed by atoms with van der Waals surface area (Å²) >= 11 is 0. The summed E-state index contributed by atoms with van der Waals surface area (Å²) in [7, 11) is -3.58. The van der Waals surface area contributed by atoms with Crippen molar-refractivity contribution in [3.8, 4) is 34.0 Å². The number of alkyl halides is 3. The van der Waals surface area contributed by atoms with E-state index in [0.717, 1.165) is 16.9 Å². The van der Waals surface area contributed by atoms with Crippen LogP contribution >= 0.6 is 0 Å². The lowest BCUT2D eigenvalue weighted by Gasteiger charge is -2.18. The molecule has 0 amide bonds. The van der Waals surface area contributed by atoms with Gasteiger partial charge in [0, 0.05) is 17.3 Å². The van der Waals surface area contributed by atoms with Crippen molar-refractivity contribution in [2.24, 2.45) is 0 Å². The number of pyridine rings is 1. The summed E-state index contributed by atoms with van der Waals surface area (Å²) in [5.74, 6) is 0.220. The number of aromatic nitrogens is 2. The SMILES string of the molecule is CCS(=O)(=O)c1ccc(Oc2cccc(C(F)(F)F)c2)c(-c2cc(C)n(O)c3nccc2-3)c1. The first-order valence-electron chi connectivity index (χ1n) is 9.90. The van der Waals surface area contributed by atoms with E-state index in [1.807, 2.05) is 0 Å². The van der Waals surface area contributed by atoms with Crippen molar-refractivity contribution in [1.82, 2.24) is 9.71 Å². The number of ether oxygens (including phenoxy) is 1. The van der Waals surface area contributed by atoms with E-state index in [9.17, 15) is 26.8 Å². The molecule has 0 fully saturated rings. The van der Waals surface area contributed by atoms with E-state index in [1.165, 1.54) is 43.5 Å². The van der Waals surface area contributed by atoms with E-state index in [4.69, 9.17) is 4.74 Å². The molecule has 0 spiro atoms. The second-order valence-electron chi connectivity index (χ2n) is 7.38. The molecule has 1 N–H and O–H groups in total. The predicted octanol–water partition coefficient (Wildman–Crippen LogP) is 5.81. The van der Waals surface area contributed by atoms with Crippen molar-refractivity contribution >= 4 is 9.84 Å². The molecule has 2 aromatic rings. The number of aryl methyl sites for hydroxylation is 1. The Bertz CT molecular complexity index is 1410. The van der Waals surface area contributed by atoms with Gasteiger partial charge in [-0.3, -0.25) is 0 Å². The molecule has 0 atom stereocenters. The summed E-state index contributed by atoms with van der Waals surface area (Å²) in [6.07, 6.45) is -3.06. The fourth-order valence-corrected chi connectivity index (χ4v) is 4.38. The zero-order valence-corrected chi connectivity index (χ0v) is 18.4. The van der Waals surface area contributed by atoms with Crippen molar-refractivity contribution in [3.63, 3.8) is 0 Å². The topological polar surface area (TPSA) is 81.4 Å². The van der Waals surface area contributed by atoms with Gasteiger partial charge in [-0.25, -0.2) is 13.4 Å². The van der Waals surface area contributed by atoms with Gasteiger partial charge >= 0.3 is 6.18 Å². The van der Waals surface area contributed by atoms with E-state index in [1.54, 1.807) is 19.1 Å². The van der Waals surface area contributed by atoms with Crippen molar-refractivity contribution in [1.29, 1.82) is 0 Å². The number of fused-ring (bicyclic) bond motifs is 1. The third kappa shape index (κ3) is 4.25. The van der Waals surface area contributed by atoms with E-state index in [-0.39, 0.29) is 28.0 Å². The number of rotatable bonds is 5. The molecule has 2 heterocycles. The highest BCUT2D eigenvalue weighted by Gasteiger charge is 2.31. The maximum absolute atomic E-state index is 13.1. The molecule has 2 aliphatic rings. The second kappa shape index (κ2) is 8.11. The molecule has 10 heteroatoms. The first kappa shape index (κ1) is 22.7. The van der Waals surface area contributed by atoms with Crippen LogP contribution in [0.1, 0.15) is 18.2 Å². The van der Waals surface area contributed by atoms with Gasteiger partial charge in [0.25, 0.3) is 0 Å². The normalized spacial score (nSPS) is 12.3. The van der Waals surface area contributed by atoms with E-state index >= 15 is 0 Å². The van der Waals surface area contributed by atoms with Gasteiger partial charge in [-0.05, 0) is 61.0 Å². The number of hydrogen-bond donors (Lipinski definition) is 1. The highest BCUT2D eigenvalue weighted by molar-refractivity contribution is 7.91. The highest BCUT2D eigenvalue weighted by Crippen LogP contribution is 2.42. The van der Waals surface area contributed by atoms with Gasteiger partial charge in [-0.2, -0.15) is 17.9 Å². The maximum atomic E-state index is 13.1. The molecule has 0 aliphatic carbocycles. The average molecular weight is 476 g/mol. The fraction of sp³-hybridized carbons (Fsp3) is 0.174. The number of halogens is 3. The standard InChI is InChI=1S/C23H19F3N2O4S/c1-3-33(30,31)17-7-8-21(32-16-6-4-5-15(12-16)23(24,25)26)20(13-17)19-11-14(2)28(29)22-18(19)9-10-27-22/h4-13,29H,3H2,1-2H3. The monoisotopic (exact) mass is 476 g/mol. The molecular formula is C23H19F3N2O4S. The smallest absolute Gasteiger partial charge is 0.416 e. The Morgan fingerprint density at radius 2 is 1.79 bits per heavy atom. The molecular weight excluding hydrogens is 457 g/mol. The molecule has 6 nitrogen and oxygen atoms in total. The number of nitrogens with zero attached hydrogens (tertiary/aromatic N) is 2. The van der Waals surface area contributed by atoms with Gasteiger partial charge in [0.1, 0.15) is 11.5 Å². The van der Waals surface area contributed by atoms with Gasteiger partial charge in [-0.1, -0.05) is 13.0 Å². The minimum Gasteiger partial charge on any atom is -0.457 e. The zero-order valence-electron chi connectivity index (χ0n) is 17.6. The Balaban J connectivity index is 1.92. The van der Waals surface area contributed by atoms with Crippen LogP contribution in [-0.2, 0) is 16.0 Å². The molecule has 0 radical (unpaired) electrons. The molecule has 0 saturated carbocycles. The van der Waals surface area contributed by atoms with Crippen LogP contribution < -0.4 is 4.74 Å². The first-order valence-corrected chi connectivity index (χ1v) is 11.5. The lowest BCUT2D eigenvalue weighted by Crippen LogP contribution is -2.07. The van der Waals surface area contributed by atoms with Crippen molar-refractivity contribution < 1.29 is 31.5 Å². The fourth-order valence-electron chi connectivity index (χ4n) is 3.47. The molecule has 33 heavy (non-hydrogen) atoms. The second-order valence-corrected chi connectivity index (χ2v) is 9.66. The third-order valence-corrected chi connectivity index (χ3v) is 6.96. The van der Waals surface area contributed by atoms with Gasteiger partial charge in [0.15, 0.2) is 15.7 Å². The number of benzene rings is 2. The molecule has 172 valence electrons. The Morgan fingerprint density at radius 1 is 1.03 bits per heavy atom. The highest BCUT2D eigenvalue weighted by atomic mass is 32.2. The molecule has 4 rings (SSSR count). The number of sulfone groups is 1. The first-order chi connectivity index (χ1) is 15.5. The van der Waals surface area contributed by atoms with Crippen LogP contribution in [0.4, 0.5) is 13.2 Å². The van der Waals surface area contributed by atoms with Crippen molar-refractivity contribution in [2.75, 3.05) is 5.75 Å². The van der Waals surface area contributed by atoms with Crippen LogP contribution in [0, 0.1) is 6.92 Å². The lowest BCUT2D eigenvalue weighted by molar-refractivity contribution is -0.137. The Hall–Kier alpha value is -3.53. The Labute approximate surface area is 188 Å². The van der Waals surface area contributed by atoms with Crippen molar-refractivity contribution in [3.05, 3.63) is 72.1 Å². The van der Waals surface area contributed by atoms with Crippen molar-refractivity contribution in [2.45, 2.75) is 24.9 Å². The lowest BCUT2D eigenvalue weighted by atomic mass is 9.98. The van der Waals surface area contributed by atoms with E-state index < -0.39 is 21.6 Å². The average Bonchev–Trinajstić information content (AvgIpc) is 3.26. The Kier molecular flexibility index (Phi) is 5.57. The molecule has 0 unspecified atom stereocenters. The minimum atomic E-state index is -4.54. The van der Waals surface area contributed by atoms with Crippen LogP contribution in [0.15, 0.2) is 65.7 Å². The summed E-state index contributed by atoms with van der Waals surface area (Å²) in [6, 6.07) is 11.9. The van der Waals surface area contributed by atoms with Crippen LogP contribution in [0.25, 0.3) is 22.5 Å². The van der Waals surface area contributed by atoms with Crippen LogP contribution in [-0.4, -0.2) is 29.1 Å². The van der Waals surface area contributed by atoms with Gasteiger partial charge in [-0.15, -0.1) is 0 Å². The molecule has 0 bridgehead atoms. The van der Waals surface area contributed by atoms with Crippen LogP contribution in [0.2, 0.25) is 0 Å². The summed E-state index contributed by atoms with van der Waals surface area (Å²) < 4.78 is 71.2. The van der Waals surface area contributed by atoms with Gasteiger partial charge < -0.3 is 9.94 Å². The largest absolute Gasteiger partial charge is 0.457 e. The summed E-state index contributed by atoms with van der Waals surface area (Å²) in [5.41, 5.74) is 0.920.